The smallest absolute Gasteiger partial charge is 0.189 e. The summed E-state index contributed by atoms with van der Waals surface area (Å²) in [6.07, 6.45) is 3.73. The number of hydrogen-bond acceptors (Lipinski definition) is 5. The van der Waals surface area contributed by atoms with Gasteiger partial charge in [-0.3, -0.25) is 4.90 Å². The fraction of sp³-hybridized carbons (Fsp3) is 1.00. The molecule has 0 N–H and O–H groups in total. The second-order valence-corrected chi connectivity index (χ2v) is 8.18. The molecule has 0 radical (unpaired) electrons. The Labute approximate surface area is 126 Å². The highest BCUT2D eigenvalue weighted by Crippen LogP contribution is 2.55. The van der Waals surface area contributed by atoms with E-state index >= 15 is 0 Å². The summed E-state index contributed by atoms with van der Waals surface area (Å²) >= 11 is 3.87. The van der Waals surface area contributed by atoms with Crippen molar-refractivity contribution in [2.75, 3.05) is 31.7 Å². The zero-order valence-corrected chi connectivity index (χ0v) is 14.2. The van der Waals surface area contributed by atoms with Gasteiger partial charge in [0.25, 0.3) is 0 Å². The van der Waals surface area contributed by atoms with E-state index in [1.807, 2.05) is 30.6 Å². The van der Waals surface area contributed by atoms with E-state index in [1.54, 1.807) is 0 Å². The first-order valence-electron chi connectivity index (χ1n) is 7.35. The minimum Gasteiger partial charge on any atom is -0.355 e. The first-order valence-corrected chi connectivity index (χ1v) is 9.33. The Bertz CT molecular complexity index is 293. The number of ether oxygens (including phenoxy) is 2. The maximum absolute atomic E-state index is 6.49. The molecule has 2 aliphatic rings. The Hall–Kier alpha value is 0.580. The quantitative estimate of drug-likeness (QED) is 0.774. The van der Waals surface area contributed by atoms with Gasteiger partial charge in [-0.1, -0.05) is 13.8 Å². The van der Waals surface area contributed by atoms with Gasteiger partial charge in [-0.2, -0.15) is 0 Å². The summed E-state index contributed by atoms with van der Waals surface area (Å²) in [5, 5.41) is 0. The fourth-order valence-electron chi connectivity index (χ4n) is 3.08. The molecule has 0 bridgehead atoms. The molecule has 0 saturated carbocycles. The van der Waals surface area contributed by atoms with Gasteiger partial charge in [0.1, 0.15) is 11.8 Å². The molecule has 112 valence electrons. The zero-order chi connectivity index (χ0) is 13.9. The topological polar surface area (TPSA) is 21.7 Å². The van der Waals surface area contributed by atoms with E-state index in [1.165, 1.54) is 17.9 Å². The highest BCUT2D eigenvalue weighted by Gasteiger charge is 2.56. The van der Waals surface area contributed by atoms with Crippen molar-refractivity contribution in [3.05, 3.63) is 0 Å². The summed E-state index contributed by atoms with van der Waals surface area (Å²) in [6.45, 7) is 8.76. The molecule has 2 saturated heterocycles. The lowest BCUT2D eigenvalue weighted by molar-refractivity contribution is -0.139. The Morgan fingerprint density at radius 1 is 1.26 bits per heavy atom. The number of rotatable bonds is 5. The Kier molecular flexibility index (Phi) is 5.51. The van der Waals surface area contributed by atoms with Crippen LogP contribution in [0.25, 0.3) is 0 Å². The number of thioether (sulfide) groups is 2. The van der Waals surface area contributed by atoms with Crippen molar-refractivity contribution in [3.8, 4) is 0 Å². The summed E-state index contributed by atoms with van der Waals surface area (Å²) in [4.78, 5) is 2.41. The molecule has 0 aromatic rings. The van der Waals surface area contributed by atoms with Crippen molar-refractivity contribution < 1.29 is 9.47 Å². The van der Waals surface area contributed by atoms with Crippen LogP contribution in [0, 0.1) is 0 Å². The first kappa shape index (κ1) is 16.0. The molecular formula is C14H27NO2S2. The normalized spacial score (nSPS) is 34.9. The standard InChI is InChI=1S/C14H27NO2S2/c1-5-15(6-2)12-8-9-13(3,17-12)14(16-4)18-10-7-11-19-14/h12H,5-11H2,1-4H3. The Balaban J connectivity index is 2.10. The lowest BCUT2D eigenvalue weighted by Gasteiger charge is -2.46. The average molecular weight is 306 g/mol. The largest absolute Gasteiger partial charge is 0.355 e. The lowest BCUT2D eigenvalue weighted by Crippen LogP contribution is -2.51. The highest BCUT2D eigenvalue weighted by molar-refractivity contribution is 8.18. The molecule has 2 unspecified atom stereocenters. The lowest BCUT2D eigenvalue weighted by atomic mass is 10.0. The summed E-state index contributed by atoms with van der Waals surface area (Å²) in [5.74, 6) is 2.35. The monoisotopic (exact) mass is 305 g/mol. The third-order valence-electron chi connectivity index (χ3n) is 4.27. The molecule has 0 amide bonds. The van der Waals surface area contributed by atoms with Crippen LogP contribution in [0.15, 0.2) is 0 Å². The van der Waals surface area contributed by atoms with Crippen LogP contribution in [-0.4, -0.2) is 52.7 Å². The molecule has 2 heterocycles. The predicted octanol–water partition coefficient (Wildman–Crippen LogP) is 3.39. The van der Waals surface area contributed by atoms with E-state index in [-0.39, 0.29) is 16.1 Å². The average Bonchev–Trinajstić information content (AvgIpc) is 2.85. The van der Waals surface area contributed by atoms with E-state index in [0.29, 0.717) is 0 Å². The predicted molar refractivity (Wildman–Crippen MR) is 84.7 cm³/mol. The zero-order valence-electron chi connectivity index (χ0n) is 12.6. The van der Waals surface area contributed by atoms with Crippen LogP contribution < -0.4 is 0 Å². The minimum atomic E-state index is -0.215. The Morgan fingerprint density at radius 2 is 1.89 bits per heavy atom. The van der Waals surface area contributed by atoms with Crippen molar-refractivity contribution in [1.29, 1.82) is 0 Å². The maximum Gasteiger partial charge on any atom is 0.189 e. The molecule has 2 aliphatic heterocycles. The molecular weight excluding hydrogens is 278 g/mol. The summed E-state index contributed by atoms with van der Waals surface area (Å²) < 4.78 is 12.2. The molecule has 3 nitrogen and oxygen atoms in total. The van der Waals surface area contributed by atoms with E-state index in [9.17, 15) is 0 Å². The number of methoxy groups -OCH3 is 1. The third kappa shape index (κ3) is 2.95. The fourth-order valence-corrected chi connectivity index (χ4v) is 6.36. The molecule has 5 heteroatoms. The van der Waals surface area contributed by atoms with Crippen LogP contribution in [0.4, 0.5) is 0 Å². The van der Waals surface area contributed by atoms with Crippen LogP contribution in [-0.2, 0) is 9.47 Å². The molecule has 2 fully saturated rings. The van der Waals surface area contributed by atoms with Crippen molar-refractivity contribution in [2.45, 2.75) is 56.1 Å². The molecule has 0 spiro atoms. The molecule has 0 aromatic carbocycles. The van der Waals surface area contributed by atoms with Crippen molar-refractivity contribution in [1.82, 2.24) is 4.90 Å². The van der Waals surface area contributed by atoms with E-state index in [0.717, 1.165) is 25.9 Å². The molecule has 19 heavy (non-hydrogen) atoms. The van der Waals surface area contributed by atoms with Gasteiger partial charge in [-0.15, -0.1) is 23.5 Å². The van der Waals surface area contributed by atoms with Crippen molar-refractivity contribution in [2.24, 2.45) is 0 Å². The minimum absolute atomic E-state index is 0.176. The highest BCUT2D eigenvalue weighted by atomic mass is 32.2. The number of nitrogens with zero attached hydrogens (tertiary/aromatic N) is 1. The molecule has 0 aliphatic carbocycles. The van der Waals surface area contributed by atoms with Gasteiger partial charge < -0.3 is 9.47 Å². The first-order chi connectivity index (χ1) is 9.11. The summed E-state index contributed by atoms with van der Waals surface area (Å²) in [7, 11) is 1.84. The van der Waals surface area contributed by atoms with Gasteiger partial charge in [-0.05, 0) is 50.8 Å². The Morgan fingerprint density at radius 3 is 2.42 bits per heavy atom. The van der Waals surface area contributed by atoms with Gasteiger partial charge in [0.05, 0.1) is 0 Å². The van der Waals surface area contributed by atoms with Gasteiger partial charge >= 0.3 is 0 Å². The van der Waals surface area contributed by atoms with Gasteiger partial charge in [0.15, 0.2) is 4.27 Å². The second-order valence-electron chi connectivity index (χ2n) is 5.37. The SMILES string of the molecule is CCN(CC)C1CCC(C)(C2(OC)SCCCS2)O1. The van der Waals surface area contributed by atoms with Crippen LogP contribution in [0.5, 0.6) is 0 Å². The second kappa shape index (κ2) is 6.56. The number of hydrogen-bond donors (Lipinski definition) is 0. The van der Waals surface area contributed by atoms with Crippen LogP contribution in [0.2, 0.25) is 0 Å². The summed E-state index contributed by atoms with van der Waals surface area (Å²) in [5.41, 5.74) is -0.176. The van der Waals surface area contributed by atoms with Crippen molar-refractivity contribution >= 4 is 23.5 Å². The molecule has 2 atom stereocenters. The maximum atomic E-state index is 6.49. The van der Waals surface area contributed by atoms with Gasteiger partial charge in [0, 0.05) is 7.11 Å². The van der Waals surface area contributed by atoms with Gasteiger partial charge in [-0.25, -0.2) is 0 Å². The summed E-state index contributed by atoms with van der Waals surface area (Å²) in [6, 6.07) is 0. The van der Waals surface area contributed by atoms with Crippen LogP contribution in [0.3, 0.4) is 0 Å². The van der Waals surface area contributed by atoms with E-state index < -0.39 is 0 Å². The van der Waals surface area contributed by atoms with E-state index in [4.69, 9.17) is 9.47 Å². The van der Waals surface area contributed by atoms with Gasteiger partial charge in [0.2, 0.25) is 0 Å². The third-order valence-corrected chi connectivity index (χ3v) is 7.92. The molecule has 0 aromatic heterocycles. The van der Waals surface area contributed by atoms with Crippen molar-refractivity contribution in [3.63, 3.8) is 0 Å². The molecule has 2 rings (SSSR count). The van der Waals surface area contributed by atoms with Crippen LogP contribution >= 0.6 is 23.5 Å². The van der Waals surface area contributed by atoms with Crippen LogP contribution in [0.1, 0.15) is 40.0 Å². The van der Waals surface area contributed by atoms with E-state index in [2.05, 4.69) is 25.7 Å².